The number of hydrogen-bond acceptors (Lipinski definition) is 6. The summed E-state index contributed by atoms with van der Waals surface area (Å²) in [6, 6.07) is 61.3. The highest BCUT2D eigenvalue weighted by Gasteiger charge is 2.19. The highest BCUT2D eigenvalue weighted by atomic mass is 14.8. The molecule has 6 aromatic heterocycles. The van der Waals surface area contributed by atoms with Crippen LogP contribution in [-0.4, -0.2) is 29.9 Å². The SMILES string of the molecule is c1ccc(-c2cc(-c3cccc(-c4cccc(-c5ccccn5)n4)n3)c(-c3ccccc3)cc2-c2cccc(-c3cccc(-c4ccccn4)n3)n2)cc1. The second-order valence-corrected chi connectivity index (χ2v) is 12.7. The van der Waals surface area contributed by atoms with Gasteiger partial charge in [-0.1, -0.05) is 97.1 Å². The van der Waals surface area contributed by atoms with Gasteiger partial charge < -0.3 is 0 Å². The molecule has 0 saturated carbocycles. The van der Waals surface area contributed by atoms with Crippen LogP contribution in [0.1, 0.15) is 0 Å². The summed E-state index contributed by atoms with van der Waals surface area (Å²) >= 11 is 0. The van der Waals surface area contributed by atoms with E-state index in [0.29, 0.717) is 0 Å². The Hall–Kier alpha value is -7.44. The average Bonchev–Trinajstić information content (AvgIpc) is 3.27. The van der Waals surface area contributed by atoms with Crippen LogP contribution in [-0.2, 0) is 0 Å². The van der Waals surface area contributed by atoms with Crippen molar-refractivity contribution in [3.8, 4) is 90.3 Å². The summed E-state index contributed by atoms with van der Waals surface area (Å²) in [5, 5.41) is 0. The Morgan fingerprint density at radius 1 is 0.222 bits per heavy atom. The van der Waals surface area contributed by atoms with Gasteiger partial charge in [0, 0.05) is 23.5 Å². The fourth-order valence-electron chi connectivity index (χ4n) is 6.66. The number of benzene rings is 3. The number of rotatable bonds is 8. The molecule has 6 nitrogen and oxygen atoms in total. The van der Waals surface area contributed by atoms with E-state index in [0.717, 1.165) is 90.3 Å². The van der Waals surface area contributed by atoms with Gasteiger partial charge >= 0.3 is 0 Å². The van der Waals surface area contributed by atoms with E-state index in [2.05, 4.69) is 94.9 Å². The molecule has 0 N–H and O–H groups in total. The van der Waals surface area contributed by atoms with Gasteiger partial charge in [0.25, 0.3) is 0 Å². The molecule has 9 aromatic rings. The number of pyridine rings is 6. The van der Waals surface area contributed by atoms with Crippen molar-refractivity contribution >= 4 is 0 Å². The summed E-state index contributed by atoms with van der Waals surface area (Å²) in [4.78, 5) is 29.4. The zero-order valence-electron chi connectivity index (χ0n) is 29.2. The Morgan fingerprint density at radius 2 is 0.519 bits per heavy atom. The zero-order chi connectivity index (χ0) is 36.1. The van der Waals surface area contributed by atoms with Crippen LogP contribution in [0.15, 0.2) is 194 Å². The second-order valence-electron chi connectivity index (χ2n) is 12.7. The number of hydrogen-bond donors (Lipinski definition) is 0. The molecule has 0 aliphatic carbocycles. The first kappa shape index (κ1) is 32.5. The van der Waals surface area contributed by atoms with Crippen molar-refractivity contribution in [1.29, 1.82) is 0 Å². The third-order valence-electron chi connectivity index (χ3n) is 9.26. The van der Waals surface area contributed by atoms with E-state index in [-0.39, 0.29) is 0 Å². The van der Waals surface area contributed by atoms with Gasteiger partial charge in [-0.2, -0.15) is 0 Å². The quantitative estimate of drug-likeness (QED) is 0.158. The summed E-state index contributed by atoms with van der Waals surface area (Å²) in [6.07, 6.45) is 3.57. The molecule has 0 unspecified atom stereocenters. The predicted molar refractivity (Wildman–Crippen MR) is 217 cm³/mol. The molecule has 0 aliphatic heterocycles. The van der Waals surface area contributed by atoms with E-state index in [9.17, 15) is 0 Å². The Kier molecular flexibility index (Phi) is 8.81. The second kappa shape index (κ2) is 14.7. The molecule has 0 fully saturated rings. The van der Waals surface area contributed by atoms with Gasteiger partial charge in [-0.3, -0.25) is 9.97 Å². The highest BCUT2D eigenvalue weighted by Crippen LogP contribution is 2.42. The summed E-state index contributed by atoms with van der Waals surface area (Å²) in [6.45, 7) is 0. The zero-order valence-corrected chi connectivity index (χ0v) is 29.2. The van der Waals surface area contributed by atoms with Crippen molar-refractivity contribution in [2.75, 3.05) is 0 Å². The van der Waals surface area contributed by atoms with Crippen LogP contribution in [0.4, 0.5) is 0 Å². The normalized spacial score (nSPS) is 11.0. The van der Waals surface area contributed by atoms with Crippen LogP contribution in [0.2, 0.25) is 0 Å². The van der Waals surface area contributed by atoms with Gasteiger partial charge in [-0.15, -0.1) is 0 Å². The van der Waals surface area contributed by atoms with Crippen molar-refractivity contribution < 1.29 is 0 Å². The number of nitrogens with zero attached hydrogens (tertiary/aromatic N) is 6. The number of aromatic nitrogens is 6. The first-order valence-corrected chi connectivity index (χ1v) is 17.8. The molecule has 0 radical (unpaired) electrons. The first-order valence-electron chi connectivity index (χ1n) is 17.8. The van der Waals surface area contributed by atoms with Gasteiger partial charge in [0.15, 0.2) is 0 Å². The van der Waals surface area contributed by atoms with Crippen LogP contribution in [0, 0.1) is 0 Å². The molecule has 0 amide bonds. The molecule has 6 heterocycles. The minimum atomic E-state index is 0.780. The lowest BCUT2D eigenvalue weighted by Crippen LogP contribution is -1.97. The molecular formula is C48H32N6. The van der Waals surface area contributed by atoms with Crippen molar-refractivity contribution in [3.05, 3.63) is 194 Å². The van der Waals surface area contributed by atoms with Gasteiger partial charge in [0.05, 0.1) is 56.9 Å². The molecule has 3 aromatic carbocycles. The minimum Gasteiger partial charge on any atom is -0.255 e. The molecule has 54 heavy (non-hydrogen) atoms. The molecular weight excluding hydrogens is 661 g/mol. The molecule has 0 bridgehead atoms. The van der Waals surface area contributed by atoms with E-state index >= 15 is 0 Å². The van der Waals surface area contributed by atoms with E-state index < -0.39 is 0 Å². The topological polar surface area (TPSA) is 77.3 Å². The first-order chi connectivity index (χ1) is 26.8. The lowest BCUT2D eigenvalue weighted by Gasteiger charge is -2.18. The smallest absolute Gasteiger partial charge is 0.0894 e. The molecule has 9 rings (SSSR count). The molecule has 6 heteroatoms. The highest BCUT2D eigenvalue weighted by molar-refractivity contribution is 5.94. The summed E-state index contributed by atoms with van der Waals surface area (Å²) in [5.74, 6) is 0. The van der Waals surface area contributed by atoms with Crippen molar-refractivity contribution in [2.24, 2.45) is 0 Å². The van der Waals surface area contributed by atoms with E-state index in [4.69, 9.17) is 19.9 Å². The van der Waals surface area contributed by atoms with Crippen LogP contribution in [0.5, 0.6) is 0 Å². The summed E-state index contributed by atoms with van der Waals surface area (Å²) < 4.78 is 0. The lowest BCUT2D eigenvalue weighted by atomic mass is 9.88. The monoisotopic (exact) mass is 692 g/mol. The third kappa shape index (κ3) is 6.67. The Morgan fingerprint density at radius 3 is 0.870 bits per heavy atom. The molecule has 254 valence electrons. The van der Waals surface area contributed by atoms with Gasteiger partial charge in [0.2, 0.25) is 0 Å². The Labute approximate surface area is 313 Å². The third-order valence-corrected chi connectivity index (χ3v) is 9.26. The van der Waals surface area contributed by atoms with E-state index in [1.165, 1.54) is 0 Å². The van der Waals surface area contributed by atoms with Crippen LogP contribution < -0.4 is 0 Å². The molecule has 0 saturated heterocycles. The molecule has 0 atom stereocenters. The van der Waals surface area contributed by atoms with E-state index in [1.54, 1.807) is 12.4 Å². The van der Waals surface area contributed by atoms with Crippen LogP contribution in [0.3, 0.4) is 0 Å². The summed E-state index contributed by atoms with van der Waals surface area (Å²) in [7, 11) is 0. The molecule has 0 aliphatic rings. The van der Waals surface area contributed by atoms with Crippen molar-refractivity contribution in [2.45, 2.75) is 0 Å². The largest absolute Gasteiger partial charge is 0.255 e. The van der Waals surface area contributed by atoms with Crippen LogP contribution >= 0.6 is 0 Å². The van der Waals surface area contributed by atoms with Gasteiger partial charge in [-0.25, -0.2) is 19.9 Å². The Balaban J connectivity index is 1.20. The van der Waals surface area contributed by atoms with Crippen LogP contribution in [0.25, 0.3) is 90.3 Å². The molecule has 0 spiro atoms. The summed E-state index contributed by atoms with van der Waals surface area (Å²) in [5.41, 5.74) is 14.3. The lowest BCUT2D eigenvalue weighted by molar-refractivity contribution is 1.22. The van der Waals surface area contributed by atoms with Gasteiger partial charge in [-0.05, 0) is 107 Å². The van der Waals surface area contributed by atoms with E-state index in [1.807, 2.05) is 97.1 Å². The Bertz CT molecular complexity index is 2510. The maximum absolute atomic E-state index is 5.25. The maximum Gasteiger partial charge on any atom is 0.0894 e. The standard InChI is InChI=1S/C48H32N6/c1-3-15-33(16-4-1)35-31-38(40-22-12-26-46(52-40)48-28-14-24-44(54-48)42-20-8-10-30-50-42)36(34-17-5-2-6-18-34)32-37(35)39-21-11-25-45(51-39)47-27-13-23-43(53-47)41-19-7-9-29-49-41/h1-32H. The predicted octanol–water partition coefficient (Wildman–Crippen LogP) is 11.4. The maximum atomic E-state index is 5.25. The fraction of sp³-hybridized carbons (Fsp3) is 0. The van der Waals surface area contributed by atoms with Crippen molar-refractivity contribution in [1.82, 2.24) is 29.9 Å². The fourth-order valence-corrected chi connectivity index (χ4v) is 6.66. The minimum absolute atomic E-state index is 0.780. The van der Waals surface area contributed by atoms with Gasteiger partial charge in [0.1, 0.15) is 0 Å². The average molecular weight is 693 g/mol. The van der Waals surface area contributed by atoms with Crippen molar-refractivity contribution in [3.63, 3.8) is 0 Å².